The summed E-state index contributed by atoms with van der Waals surface area (Å²) in [5, 5.41) is 0.666. The molecule has 0 aliphatic carbocycles. The molecular formula is C15H12ClIO3. The van der Waals surface area contributed by atoms with E-state index in [4.69, 9.17) is 25.8 Å². The van der Waals surface area contributed by atoms with Crippen molar-refractivity contribution in [3.05, 3.63) is 56.1 Å². The van der Waals surface area contributed by atoms with Gasteiger partial charge in [-0.2, -0.15) is 0 Å². The Morgan fingerprint density at radius 2 is 2.15 bits per heavy atom. The lowest BCUT2D eigenvalue weighted by molar-refractivity contribution is -0.0175. The monoisotopic (exact) mass is 402 g/mol. The zero-order valence-corrected chi connectivity index (χ0v) is 13.5. The van der Waals surface area contributed by atoms with Crippen LogP contribution in [0.1, 0.15) is 11.1 Å². The van der Waals surface area contributed by atoms with Crippen molar-refractivity contribution >= 4 is 34.2 Å². The molecule has 0 unspecified atom stereocenters. The maximum Gasteiger partial charge on any atom is 0.189 e. The van der Waals surface area contributed by atoms with Crippen LogP contribution in [0.2, 0.25) is 5.02 Å². The van der Waals surface area contributed by atoms with Crippen LogP contribution in [0.15, 0.2) is 36.4 Å². The van der Waals surface area contributed by atoms with Crippen LogP contribution in [0.4, 0.5) is 0 Å². The molecule has 2 aromatic carbocycles. The zero-order chi connectivity index (χ0) is 13.9. The smallest absolute Gasteiger partial charge is 0.189 e. The molecule has 0 amide bonds. The molecule has 2 aromatic rings. The summed E-state index contributed by atoms with van der Waals surface area (Å²) >= 11 is 8.38. The molecule has 0 atom stereocenters. The van der Waals surface area contributed by atoms with Gasteiger partial charge in [0.2, 0.25) is 0 Å². The summed E-state index contributed by atoms with van der Waals surface area (Å²) in [6, 6.07) is 11.7. The maximum absolute atomic E-state index is 6.12. The predicted octanol–water partition coefficient (Wildman–Crippen LogP) is 4.39. The van der Waals surface area contributed by atoms with Crippen molar-refractivity contribution in [2.24, 2.45) is 0 Å². The van der Waals surface area contributed by atoms with Gasteiger partial charge in [0.25, 0.3) is 0 Å². The van der Waals surface area contributed by atoms with Gasteiger partial charge < -0.3 is 14.2 Å². The Hall–Kier alpha value is -0.980. The number of rotatable bonds is 3. The molecule has 0 saturated carbocycles. The van der Waals surface area contributed by atoms with E-state index in [1.165, 1.54) is 0 Å². The normalized spacial score (nSPS) is 13.5. The maximum atomic E-state index is 6.12. The van der Waals surface area contributed by atoms with E-state index in [1.807, 2.05) is 36.4 Å². The number of hydrogen-bond acceptors (Lipinski definition) is 3. The molecule has 20 heavy (non-hydrogen) atoms. The van der Waals surface area contributed by atoms with Crippen LogP contribution < -0.4 is 9.47 Å². The fraction of sp³-hybridized carbons (Fsp3) is 0.200. The van der Waals surface area contributed by atoms with Crippen LogP contribution in [0.25, 0.3) is 0 Å². The highest BCUT2D eigenvalue weighted by molar-refractivity contribution is 14.1. The fourth-order valence-electron chi connectivity index (χ4n) is 2.08. The zero-order valence-electron chi connectivity index (χ0n) is 10.6. The lowest BCUT2D eigenvalue weighted by Crippen LogP contribution is -2.14. The topological polar surface area (TPSA) is 27.7 Å². The van der Waals surface area contributed by atoms with Crippen molar-refractivity contribution in [1.29, 1.82) is 0 Å². The van der Waals surface area contributed by atoms with E-state index in [2.05, 4.69) is 22.6 Å². The van der Waals surface area contributed by atoms with E-state index in [-0.39, 0.29) is 6.79 Å². The number of ether oxygens (including phenoxy) is 3. The van der Waals surface area contributed by atoms with Crippen molar-refractivity contribution in [3.63, 3.8) is 0 Å². The average molecular weight is 403 g/mol. The molecule has 5 heteroatoms. The molecule has 104 valence electrons. The third-order valence-electron chi connectivity index (χ3n) is 2.94. The standard InChI is InChI=1S/C15H12ClIO3/c16-12-4-10-7-18-9-20-15(10)11(5-12)8-19-14-3-1-2-13(17)6-14/h1-6H,7-9H2. The summed E-state index contributed by atoms with van der Waals surface area (Å²) in [4.78, 5) is 0. The number of fused-ring (bicyclic) bond motifs is 1. The molecule has 3 nitrogen and oxygen atoms in total. The Bertz CT molecular complexity index is 631. The first kappa shape index (κ1) is 14.0. The molecule has 0 saturated heterocycles. The molecule has 0 radical (unpaired) electrons. The van der Waals surface area contributed by atoms with Gasteiger partial charge in [-0.3, -0.25) is 0 Å². The molecule has 0 aromatic heterocycles. The first-order valence-corrected chi connectivity index (χ1v) is 7.58. The van der Waals surface area contributed by atoms with Crippen molar-refractivity contribution in [2.75, 3.05) is 6.79 Å². The Balaban J connectivity index is 1.82. The van der Waals surface area contributed by atoms with Crippen LogP contribution in [0.5, 0.6) is 11.5 Å². The lowest BCUT2D eigenvalue weighted by atomic mass is 10.1. The second-order valence-electron chi connectivity index (χ2n) is 4.41. The molecule has 1 aliphatic rings. The van der Waals surface area contributed by atoms with Crippen LogP contribution in [0.3, 0.4) is 0 Å². The molecular weight excluding hydrogens is 391 g/mol. The quantitative estimate of drug-likeness (QED) is 0.713. The molecule has 0 N–H and O–H groups in total. The van der Waals surface area contributed by atoms with E-state index in [1.54, 1.807) is 0 Å². The van der Waals surface area contributed by atoms with Gasteiger partial charge in [-0.1, -0.05) is 17.7 Å². The summed E-state index contributed by atoms with van der Waals surface area (Å²) in [6.45, 7) is 1.21. The summed E-state index contributed by atoms with van der Waals surface area (Å²) in [5.74, 6) is 1.66. The number of hydrogen-bond donors (Lipinski definition) is 0. The molecule has 0 spiro atoms. The second kappa shape index (κ2) is 6.20. The molecule has 0 bridgehead atoms. The highest BCUT2D eigenvalue weighted by atomic mass is 127. The van der Waals surface area contributed by atoms with Gasteiger partial charge in [-0.15, -0.1) is 0 Å². The Labute approximate surface area is 135 Å². The first-order valence-electron chi connectivity index (χ1n) is 6.12. The largest absolute Gasteiger partial charge is 0.489 e. The van der Waals surface area contributed by atoms with Crippen LogP contribution in [-0.4, -0.2) is 6.79 Å². The Kier molecular flexibility index (Phi) is 4.33. The van der Waals surface area contributed by atoms with E-state index >= 15 is 0 Å². The fourth-order valence-corrected chi connectivity index (χ4v) is 2.86. The summed E-state index contributed by atoms with van der Waals surface area (Å²) in [5.41, 5.74) is 1.90. The van der Waals surface area contributed by atoms with Gasteiger partial charge in [0.1, 0.15) is 18.1 Å². The van der Waals surface area contributed by atoms with E-state index in [0.29, 0.717) is 18.2 Å². The van der Waals surface area contributed by atoms with Gasteiger partial charge in [0.05, 0.1) is 6.61 Å². The van der Waals surface area contributed by atoms with Crippen LogP contribution in [-0.2, 0) is 18.0 Å². The third-order valence-corrected chi connectivity index (χ3v) is 3.83. The molecule has 3 rings (SSSR count). The van der Waals surface area contributed by atoms with Crippen LogP contribution in [0, 0.1) is 3.57 Å². The summed E-state index contributed by atoms with van der Waals surface area (Å²) in [6.07, 6.45) is 0. The van der Waals surface area contributed by atoms with Gasteiger partial charge in [0.15, 0.2) is 6.79 Å². The summed E-state index contributed by atoms with van der Waals surface area (Å²) < 4.78 is 17.8. The minimum atomic E-state index is 0.269. The Morgan fingerprint density at radius 3 is 3.00 bits per heavy atom. The SMILES string of the molecule is Clc1cc2c(c(COc3cccc(I)c3)c1)OCOC2. The van der Waals surface area contributed by atoms with Crippen LogP contribution >= 0.6 is 34.2 Å². The van der Waals surface area contributed by atoms with Crippen molar-refractivity contribution in [2.45, 2.75) is 13.2 Å². The minimum Gasteiger partial charge on any atom is -0.489 e. The van der Waals surface area contributed by atoms with Crippen molar-refractivity contribution < 1.29 is 14.2 Å². The van der Waals surface area contributed by atoms with E-state index in [0.717, 1.165) is 26.2 Å². The van der Waals surface area contributed by atoms with Gasteiger partial charge in [-0.05, 0) is 52.9 Å². The highest BCUT2D eigenvalue weighted by Gasteiger charge is 2.16. The number of benzene rings is 2. The highest BCUT2D eigenvalue weighted by Crippen LogP contribution is 2.32. The van der Waals surface area contributed by atoms with Crippen molar-refractivity contribution in [3.8, 4) is 11.5 Å². The lowest BCUT2D eigenvalue weighted by Gasteiger charge is -2.21. The van der Waals surface area contributed by atoms with Gasteiger partial charge in [-0.25, -0.2) is 0 Å². The first-order chi connectivity index (χ1) is 9.72. The molecule has 0 fully saturated rings. The summed E-state index contributed by atoms with van der Waals surface area (Å²) in [7, 11) is 0. The van der Waals surface area contributed by atoms with E-state index < -0.39 is 0 Å². The third kappa shape index (κ3) is 3.19. The Morgan fingerprint density at radius 1 is 1.25 bits per heavy atom. The van der Waals surface area contributed by atoms with Crippen molar-refractivity contribution in [1.82, 2.24) is 0 Å². The molecule has 1 aliphatic heterocycles. The predicted molar refractivity (Wildman–Crippen MR) is 85.2 cm³/mol. The molecule has 1 heterocycles. The van der Waals surface area contributed by atoms with E-state index in [9.17, 15) is 0 Å². The minimum absolute atomic E-state index is 0.269. The second-order valence-corrected chi connectivity index (χ2v) is 6.09. The average Bonchev–Trinajstić information content (AvgIpc) is 2.44. The van der Waals surface area contributed by atoms with Gasteiger partial charge >= 0.3 is 0 Å². The van der Waals surface area contributed by atoms with Gasteiger partial charge in [0, 0.05) is 19.7 Å². The number of halogens is 2.